The highest BCUT2D eigenvalue weighted by atomic mass is 32.2. The largest absolute Gasteiger partial charge is 0.481 e. The second-order valence-electron chi connectivity index (χ2n) is 6.03. The van der Waals surface area contributed by atoms with Gasteiger partial charge in [0.15, 0.2) is 0 Å². The number of rotatable bonds is 7. The molecule has 32 heavy (non-hydrogen) atoms. The Labute approximate surface area is 187 Å². The fraction of sp³-hybridized carbons (Fsp3) is 0.158. The standard InChI is InChI=1S/C19H18N4O7S2/c1-28-14-10-15(29-2)21-18(20-14)22-31-19(25)23-32(26,27)16-12-7-5-4-6-11(12)8-9-13(16)17(24)30-3/h4-10H,1-3H3,(H,23,25)(H,20,21,22). The third-order valence-corrected chi connectivity index (χ3v) is 6.24. The number of hydrogen-bond acceptors (Lipinski definition) is 11. The summed E-state index contributed by atoms with van der Waals surface area (Å²) in [6.07, 6.45) is 0. The van der Waals surface area contributed by atoms with Crippen molar-refractivity contribution < 1.29 is 32.2 Å². The molecule has 0 unspecified atom stereocenters. The zero-order valence-corrected chi connectivity index (χ0v) is 18.7. The van der Waals surface area contributed by atoms with E-state index in [2.05, 4.69) is 14.7 Å². The Balaban J connectivity index is 1.87. The van der Waals surface area contributed by atoms with E-state index in [9.17, 15) is 18.0 Å². The molecule has 0 fully saturated rings. The second kappa shape index (κ2) is 9.70. The summed E-state index contributed by atoms with van der Waals surface area (Å²) >= 11 is 0.383. The lowest BCUT2D eigenvalue weighted by molar-refractivity contribution is 0.0596. The number of benzene rings is 2. The monoisotopic (exact) mass is 478 g/mol. The molecule has 0 aliphatic heterocycles. The van der Waals surface area contributed by atoms with E-state index in [-0.39, 0.29) is 33.6 Å². The molecule has 0 aliphatic rings. The molecule has 168 valence electrons. The Kier molecular flexibility index (Phi) is 7.00. The molecule has 0 spiro atoms. The number of methoxy groups -OCH3 is 3. The first-order valence-corrected chi connectivity index (χ1v) is 11.2. The highest BCUT2D eigenvalue weighted by Gasteiger charge is 2.28. The summed E-state index contributed by atoms with van der Waals surface area (Å²) in [6.45, 7) is 0. The van der Waals surface area contributed by atoms with Crippen molar-refractivity contribution in [3.05, 3.63) is 48.0 Å². The van der Waals surface area contributed by atoms with Crippen molar-refractivity contribution in [1.82, 2.24) is 14.7 Å². The van der Waals surface area contributed by atoms with Crippen LogP contribution in [0, 0.1) is 0 Å². The molecule has 2 aromatic carbocycles. The van der Waals surface area contributed by atoms with Crippen LogP contribution in [0.1, 0.15) is 10.4 Å². The molecule has 3 rings (SSSR count). The summed E-state index contributed by atoms with van der Waals surface area (Å²) in [4.78, 5) is 32.2. The van der Waals surface area contributed by atoms with E-state index in [1.807, 2.05) is 4.72 Å². The normalized spacial score (nSPS) is 11.0. The number of anilines is 1. The highest BCUT2D eigenvalue weighted by Crippen LogP contribution is 2.28. The Morgan fingerprint density at radius 2 is 1.62 bits per heavy atom. The van der Waals surface area contributed by atoms with Gasteiger partial charge in [-0.1, -0.05) is 30.3 Å². The van der Waals surface area contributed by atoms with Crippen LogP contribution in [0.3, 0.4) is 0 Å². The summed E-state index contributed by atoms with van der Waals surface area (Å²) in [7, 11) is -0.540. The molecule has 1 aromatic heterocycles. The first kappa shape index (κ1) is 23.1. The Morgan fingerprint density at radius 3 is 2.25 bits per heavy atom. The summed E-state index contributed by atoms with van der Waals surface area (Å²) in [6, 6.07) is 10.9. The van der Waals surface area contributed by atoms with Crippen LogP contribution in [-0.2, 0) is 14.8 Å². The SMILES string of the molecule is COC(=O)c1ccc2ccccc2c1S(=O)(=O)NC(=O)SNc1nc(OC)cc(OC)n1. The number of fused-ring (bicyclic) bond motifs is 1. The Morgan fingerprint density at radius 1 is 0.969 bits per heavy atom. The van der Waals surface area contributed by atoms with Gasteiger partial charge in [0.2, 0.25) is 17.7 Å². The van der Waals surface area contributed by atoms with Gasteiger partial charge in [0.05, 0.1) is 44.9 Å². The summed E-state index contributed by atoms with van der Waals surface area (Å²) in [5, 5.41) is -0.163. The van der Waals surface area contributed by atoms with Crippen molar-refractivity contribution in [2.24, 2.45) is 0 Å². The number of amides is 1. The lowest BCUT2D eigenvalue weighted by Crippen LogP contribution is -2.30. The average molecular weight is 479 g/mol. The predicted octanol–water partition coefficient (Wildman–Crippen LogP) is 2.59. The predicted molar refractivity (Wildman–Crippen MR) is 117 cm³/mol. The maximum Gasteiger partial charge on any atom is 0.339 e. The van der Waals surface area contributed by atoms with E-state index in [4.69, 9.17) is 14.2 Å². The molecular weight excluding hydrogens is 460 g/mol. The van der Waals surface area contributed by atoms with Crippen LogP contribution < -0.4 is 18.9 Å². The molecule has 3 aromatic rings. The molecule has 0 radical (unpaired) electrons. The number of nitrogens with one attached hydrogen (secondary N) is 2. The van der Waals surface area contributed by atoms with Gasteiger partial charge in [-0.3, -0.25) is 9.52 Å². The minimum atomic E-state index is -4.45. The third-order valence-electron chi connectivity index (χ3n) is 4.10. The zero-order valence-electron chi connectivity index (χ0n) is 17.1. The van der Waals surface area contributed by atoms with E-state index in [0.29, 0.717) is 17.3 Å². The molecule has 0 atom stereocenters. The van der Waals surface area contributed by atoms with Gasteiger partial charge in [0, 0.05) is 5.39 Å². The van der Waals surface area contributed by atoms with E-state index in [1.165, 1.54) is 32.4 Å². The van der Waals surface area contributed by atoms with E-state index in [0.717, 1.165) is 7.11 Å². The molecule has 1 amide bonds. The third kappa shape index (κ3) is 5.00. The fourth-order valence-electron chi connectivity index (χ4n) is 2.74. The van der Waals surface area contributed by atoms with Crippen LogP contribution in [0.2, 0.25) is 0 Å². The molecule has 0 bridgehead atoms. The van der Waals surface area contributed by atoms with Gasteiger partial charge in [-0.05, 0) is 11.5 Å². The average Bonchev–Trinajstić information content (AvgIpc) is 2.80. The number of hydrogen-bond donors (Lipinski definition) is 2. The van der Waals surface area contributed by atoms with E-state index in [1.54, 1.807) is 24.3 Å². The number of carbonyl (C=O) groups is 2. The maximum atomic E-state index is 13.1. The van der Waals surface area contributed by atoms with E-state index < -0.39 is 21.2 Å². The summed E-state index contributed by atoms with van der Waals surface area (Å²) in [5.74, 6) is -0.553. The van der Waals surface area contributed by atoms with Crippen molar-refractivity contribution in [3.63, 3.8) is 0 Å². The Hall–Kier alpha value is -3.58. The molecule has 0 saturated heterocycles. The minimum Gasteiger partial charge on any atom is -0.481 e. The molecular formula is C19H18N4O7S2. The maximum absolute atomic E-state index is 13.1. The molecule has 2 N–H and O–H groups in total. The number of esters is 1. The van der Waals surface area contributed by atoms with Crippen LogP contribution >= 0.6 is 11.9 Å². The first-order valence-electron chi connectivity index (χ1n) is 8.86. The molecule has 1 heterocycles. The van der Waals surface area contributed by atoms with Gasteiger partial charge in [-0.15, -0.1) is 0 Å². The number of aromatic nitrogens is 2. The van der Waals surface area contributed by atoms with Crippen LogP contribution in [0.4, 0.5) is 10.7 Å². The smallest absolute Gasteiger partial charge is 0.339 e. The number of ether oxygens (including phenoxy) is 3. The summed E-state index contributed by atoms with van der Waals surface area (Å²) in [5.41, 5.74) is -0.203. The molecule has 11 nitrogen and oxygen atoms in total. The number of nitrogens with zero attached hydrogens (tertiary/aromatic N) is 2. The van der Waals surface area contributed by atoms with Gasteiger partial charge in [0.25, 0.3) is 10.0 Å². The van der Waals surface area contributed by atoms with Crippen molar-refractivity contribution in [2.75, 3.05) is 26.1 Å². The van der Waals surface area contributed by atoms with Crippen molar-refractivity contribution in [3.8, 4) is 11.8 Å². The van der Waals surface area contributed by atoms with Crippen molar-refractivity contribution >= 4 is 49.9 Å². The van der Waals surface area contributed by atoms with Gasteiger partial charge in [0.1, 0.15) is 4.90 Å². The number of sulfonamides is 1. The van der Waals surface area contributed by atoms with Crippen molar-refractivity contribution in [2.45, 2.75) is 4.90 Å². The second-order valence-corrected chi connectivity index (χ2v) is 8.43. The molecule has 0 saturated carbocycles. The topological polar surface area (TPSA) is 146 Å². The van der Waals surface area contributed by atoms with E-state index >= 15 is 0 Å². The van der Waals surface area contributed by atoms with Gasteiger partial charge < -0.3 is 14.2 Å². The fourth-order valence-corrected chi connectivity index (χ4v) is 4.74. The van der Waals surface area contributed by atoms with Crippen LogP contribution in [-0.4, -0.2) is 50.9 Å². The first-order chi connectivity index (χ1) is 15.3. The van der Waals surface area contributed by atoms with Gasteiger partial charge >= 0.3 is 11.2 Å². The van der Waals surface area contributed by atoms with Crippen LogP contribution in [0.5, 0.6) is 11.8 Å². The van der Waals surface area contributed by atoms with Gasteiger partial charge in [-0.2, -0.15) is 9.97 Å². The zero-order chi connectivity index (χ0) is 23.3. The lowest BCUT2D eigenvalue weighted by atomic mass is 10.1. The summed E-state index contributed by atoms with van der Waals surface area (Å²) < 4.78 is 45.3. The highest BCUT2D eigenvalue weighted by molar-refractivity contribution is 8.15. The van der Waals surface area contributed by atoms with Crippen LogP contribution in [0.25, 0.3) is 10.8 Å². The number of carbonyl (C=O) groups excluding carboxylic acids is 2. The quantitative estimate of drug-likeness (QED) is 0.381. The van der Waals surface area contributed by atoms with Gasteiger partial charge in [-0.25, -0.2) is 17.9 Å². The molecule has 0 aliphatic carbocycles. The molecule has 13 heteroatoms. The van der Waals surface area contributed by atoms with Crippen molar-refractivity contribution in [1.29, 1.82) is 0 Å². The van der Waals surface area contributed by atoms with Crippen LogP contribution in [0.15, 0.2) is 47.4 Å². The Bertz CT molecular complexity index is 1260. The minimum absolute atomic E-state index is 0.0424. The lowest BCUT2D eigenvalue weighted by Gasteiger charge is -2.13.